The summed E-state index contributed by atoms with van der Waals surface area (Å²) in [7, 11) is 0. The predicted octanol–water partition coefficient (Wildman–Crippen LogP) is 11.5. The molecule has 0 spiro atoms. The van der Waals surface area contributed by atoms with E-state index in [0.29, 0.717) is 11.4 Å². The van der Waals surface area contributed by atoms with Gasteiger partial charge in [0.1, 0.15) is 0 Å². The average molecular weight is 653 g/mol. The van der Waals surface area contributed by atoms with Gasteiger partial charge in [-0.05, 0) is 86.8 Å². The molecular weight excluding hydrogens is 621 g/mol. The molecule has 0 saturated heterocycles. The Hall–Kier alpha value is -6.70. The molecule has 1 aliphatic carbocycles. The first kappa shape index (κ1) is 30.4. The number of nitriles is 1. The van der Waals surface area contributed by atoms with Gasteiger partial charge in [0.25, 0.3) is 0 Å². The molecule has 4 nitrogen and oxygen atoms in total. The van der Waals surface area contributed by atoms with Gasteiger partial charge in [-0.3, -0.25) is 4.98 Å². The number of hydrogen-bond donors (Lipinski definition) is 0. The average Bonchev–Trinajstić information content (AvgIpc) is 3.42. The molecule has 2 heterocycles. The maximum atomic E-state index is 9.66. The summed E-state index contributed by atoms with van der Waals surface area (Å²) in [6, 6.07) is 52.9. The van der Waals surface area contributed by atoms with Crippen molar-refractivity contribution >= 4 is 10.8 Å². The van der Waals surface area contributed by atoms with Crippen LogP contribution in [0.3, 0.4) is 0 Å². The van der Waals surface area contributed by atoms with Crippen LogP contribution in [0.15, 0.2) is 158 Å². The first-order valence-electron chi connectivity index (χ1n) is 17.1. The summed E-state index contributed by atoms with van der Waals surface area (Å²) in [5.41, 5.74) is 14.3. The fraction of sp³-hybridized carbons (Fsp3) is 0.0638. The lowest BCUT2D eigenvalue weighted by Crippen LogP contribution is -2.15. The van der Waals surface area contributed by atoms with Crippen LogP contribution in [0.4, 0.5) is 0 Å². The van der Waals surface area contributed by atoms with E-state index in [0.717, 1.165) is 61.1 Å². The summed E-state index contributed by atoms with van der Waals surface area (Å²) in [4.78, 5) is 14.9. The van der Waals surface area contributed by atoms with E-state index < -0.39 is 0 Å². The molecular formula is C47H32N4. The van der Waals surface area contributed by atoms with Gasteiger partial charge >= 0.3 is 0 Å². The summed E-state index contributed by atoms with van der Waals surface area (Å²) < 4.78 is 0. The van der Waals surface area contributed by atoms with Crippen LogP contribution in [-0.2, 0) is 5.41 Å². The zero-order valence-corrected chi connectivity index (χ0v) is 28.3. The van der Waals surface area contributed by atoms with Crippen molar-refractivity contribution in [2.45, 2.75) is 19.3 Å². The highest BCUT2D eigenvalue weighted by molar-refractivity contribution is 5.97. The van der Waals surface area contributed by atoms with Gasteiger partial charge in [0.15, 0.2) is 5.82 Å². The quantitative estimate of drug-likeness (QED) is 0.186. The predicted molar refractivity (Wildman–Crippen MR) is 207 cm³/mol. The Morgan fingerprint density at radius 3 is 1.88 bits per heavy atom. The molecule has 0 amide bonds. The fourth-order valence-electron chi connectivity index (χ4n) is 7.50. The Bertz CT molecular complexity index is 2610. The summed E-state index contributed by atoms with van der Waals surface area (Å²) in [6.45, 7) is 4.51. The smallest absolute Gasteiger partial charge is 0.160 e. The minimum absolute atomic E-state index is 0.255. The molecule has 0 bridgehead atoms. The number of nitrogens with zero attached hydrogens (tertiary/aromatic N) is 4. The van der Waals surface area contributed by atoms with Gasteiger partial charge in [-0.25, -0.2) is 9.97 Å². The second kappa shape index (κ2) is 12.0. The van der Waals surface area contributed by atoms with Crippen LogP contribution in [0, 0.1) is 11.3 Å². The molecule has 0 fully saturated rings. The van der Waals surface area contributed by atoms with Crippen molar-refractivity contribution in [3.8, 4) is 73.4 Å². The molecule has 0 saturated carbocycles. The Kier molecular flexibility index (Phi) is 7.15. The third-order valence-electron chi connectivity index (χ3n) is 10.2. The topological polar surface area (TPSA) is 62.5 Å². The van der Waals surface area contributed by atoms with Crippen LogP contribution in [0.5, 0.6) is 0 Å². The molecule has 0 unspecified atom stereocenters. The monoisotopic (exact) mass is 652 g/mol. The number of rotatable bonds is 5. The second-order valence-electron chi connectivity index (χ2n) is 13.7. The van der Waals surface area contributed by atoms with Crippen molar-refractivity contribution in [3.05, 3.63) is 175 Å². The zero-order valence-electron chi connectivity index (χ0n) is 28.3. The van der Waals surface area contributed by atoms with E-state index in [-0.39, 0.29) is 5.41 Å². The molecule has 2 aromatic heterocycles. The van der Waals surface area contributed by atoms with Crippen molar-refractivity contribution in [3.63, 3.8) is 0 Å². The molecule has 240 valence electrons. The van der Waals surface area contributed by atoms with Crippen LogP contribution in [0.1, 0.15) is 30.5 Å². The Labute approximate surface area is 297 Å². The second-order valence-corrected chi connectivity index (χ2v) is 13.7. The van der Waals surface area contributed by atoms with Crippen molar-refractivity contribution < 1.29 is 0 Å². The van der Waals surface area contributed by atoms with E-state index >= 15 is 0 Å². The first-order chi connectivity index (χ1) is 25.0. The molecule has 8 aromatic rings. The molecule has 0 N–H and O–H groups in total. The van der Waals surface area contributed by atoms with Crippen molar-refractivity contribution in [1.82, 2.24) is 15.0 Å². The Morgan fingerprint density at radius 2 is 1.12 bits per heavy atom. The molecule has 0 aliphatic heterocycles. The molecule has 51 heavy (non-hydrogen) atoms. The number of aromatic nitrogens is 3. The van der Waals surface area contributed by atoms with Crippen molar-refractivity contribution in [2.24, 2.45) is 0 Å². The van der Waals surface area contributed by atoms with Gasteiger partial charge in [0, 0.05) is 45.4 Å². The van der Waals surface area contributed by atoms with E-state index in [4.69, 9.17) is 9.97 Å². The van der Waals surface area contributed by atoms with E-state index in [1.54, 1.807) is 0 Å². The molecule has 4 heteroatoms. The lowest BCUT2D eigenvalue weighted by Gasteiger charge is -2.22. The van der Waals surface area contributed by atoms with Crippen molar-refractivity contribution in [2.75, 3.05) is 0 Å². The minimum Gasteiger partial charge on any atom is -0.263 e. The first-order valence-corrected chi connectivity index (χ1v) is 17.1. The third kappa shape index (κ3) is 5.28. The molecule has 1 aliphatic rings. The number of benzene rings is 6. The van der Waals surface area contributed by atoms with Crippen LogP contribution < -0.4 is 0 Å². The standard InChI is InChI=1S/C47H32N4/c1-47(2)42-21-30(27-48)17-19-39(42)40-20-18-33(25-43(40)47)35-22-36(41-29-49-28-34-15-9-10-16-38(34)41)24-37(23-35)45-26-44(31-11-5-3-6-12-31)50-46(51-45)32-13-7-4-8-14-32/h3-26,28-29H,1-2H3. The zero-order chi connectivity index (χ0) is 34.5. The van der Waals surface area contributed by atoms with Crippen LogP contribution in [0.2, 0.25) is 0 Å². The lowest BCUT2D eigenvalue weighted by molar-refractivity contribution is 0.660. The van der Waals surface area contributed by atoms with E-state index in [1.807, 2.05) is 60.9 Å². The van der Waals surface area contributed by atoms with Crippen LogP contribution in [0.25, 0.3) is 78.1 Å². The fourth-order valence-corrected chi connectivity index (χ4v) is 7.50. The maximum Gasteiger partial charge on any atom is 0.160 e. The van der Waals surface area contributed by atoms with E-state index in [1.165, 1.54) is 22.3 Å². The van der Waals surface area contributed by atoms with E-state index in [9.17, 15) is 5.26 Å². The normalized spacial score (nSPS) is 12.6. The lowest BCUT2D eigenvalue weighted by atomic mass is 9.81. The highest BCUT2D eigenvalue weighted by atomic mass is 14.9. The maximum absolute atomic E-state index is 9.66. The highest BCUT2D eigenvalue weighted by Gasteiger charge is 2.36. The van der Waals surface area contributed by atoms with E-state index in [2.05, 4.69) is 122 Å². The summed E-state index contributed by atoms with van der Waals surface area (Å²) >= 11 is 0. The number of fused-ring (bicyclic) bond motifs is 4. The Morgan fingerprint density at radius 1 is 0.490 bits per heavy atom. The summed E-state index contributed by atoms with van der Waals surface area (Å²) in [6.07, 6.45) is 3.88. The van der Waals surface area contributed by atoms with Gasteiger partial charge < -0.3 is 0 Å². The molecule has 0 radical (unpaired) electrons. The summed E-state index contributed by atoms with van der Waals surface area (Å²) in [5, 5.41) is 11.9. The highest BCUT2D eigenvalue weighted by Crippen LogP contribution is 2.50. The van der Waals surface area contributed by atoms with Crippen molar-refractivity contribution in [1.29, 1.82) is 5.26 Å². The van der Waals surface area contributed by atoms with Crippen LogP contribution in [-0.4, -0.2) is 15.0 Å². The van der Waals surface area contributed by atoms with Crippen LogP contribution >= 0.6 is 0 Å². The minimum atomic E-state index is -0.255. The summed E-state index contributed by atoms with van der Waals surface area (Å²) in [5.74, 6) is 0.680. The number of pyridine rings is 1. The third-order valence-corrected chi connectivity index (χ3v) is 10.2. The largest absolute Gasteiger partial charge is 0.263 e. The number of hydrogen-bond acceptors (Lipinski definition) is 4. The van der Waals surface area contributed by atoms with Gasteiger partial charge in [-0.1, -0.05) is 117 Å². The van der Waals surface area contributed by atoms with Gasteiger partial charge in [-0.15, -0.1) is 0 Å². The van der Waals surface area contributed by atoms with Gasteiger partial charge in [0.2, 0.25) is 0 Å². The van der Waals surface area contributed by atoms with Gasteiger partial charge in [-0.2, -0.15) is 5.26 Å². The van der Waals surface area contributed by atoms with Gasteiger partial charge in [0.05, 0.1) is 23.0 Å². The SMILES string of the molecule is CC1(C)c2cc(C#N)ccc2-c2ccc(-c3cc(-c4cc(-c5ccccc5)nc(-c5ccccc5)n4)cc(-c4cncc5ccccc45)c3)cc21. The molecule has 9 rings (SSSR count). The Balaban J connectivity index is 1.27. The molecule has 6 aromatic carbocycles. The molecule has 0 atom stereocenters.